The molecular weight excluding hydrogens is 375 g/mol. The van der Waals surface area contributed by atoms with Gasteiger partial charge in [-0.05, 0) is 37.7 Å². The number of hydrogen-bond acceptors (Lipinski definition) is 3. The van der Waals surface area contributed by atoms with Crippen LogP contribution in [0.25, 0.3) is 0 Å². The summed E-state index contributed by atoms with van der Waals surface area (Å²) >= 11 is 1.74. The molecule has 8 heteroatoms. The minimum absolute atomic E-state index is 0.423. The lowest BCUT2D eigenvalue weighted by Crippen LogP contribution is -2.42. The topological polar surface area (TPSA) is 45.7 Å². The van der Waals surface area contributed by atoms with Gasteiger partial charge in [0.05, 0.1) is 12.1 Å². The van der Waals surface area contributed by atoms with Gasteiger partial charge in [-0.1, -0.05) is 18.2 Å². The second-order valence-electron chi connectivity index (χ2n) is 6.59. The van der Waals surface area contributed by atoms with Crippen molar-refractivity contribution in [1.29, 1.82) is 0 Å². The molecule has 1 fully saturated rings. The van der Waals surface area contributed by atoms with Crippen LogP contribution in [-0.2, 0) is 16.3 Å². The van der Waals surface area contributed by atoms with E-state index in [4.69, 9.17) is 9.73 Å². The number of rotatable bonds is 7. The molecular formula is C19H28F3N3OS. The first-order chi connectivity index (χ1) is 12.9. The Hall–Kier alpha value is -1.41. The summed E-state index contributed by atoms with van der Waals surface area (Å²) < 4.78 is 45.0. The number of aliphatic imine (C=N–C) groups is 1. The first kappa shape index (κ1) is 21.9. The van der Waals surface area contributed by atoms with E-state index in [1.54, 1.807) is 17.8 Å². The molecule has 0 atom stereocenters. The third-order valence-corrected chi connectivity index (χ3v) is 5.35. The lowest BCUT2D eigenvalue weighted by molar-refractivity contribution is -0.137. The zero-order chi connectivity index (χ0) is 19.8. The highest BCUT2D eigenvalue weighted by Gasteiger charge is 2.37. The van der Waals surface area contributed by atoms with Gasteiger partial charge in [-0.25, -0.2) is 0 Å². The van der Waals surface area contributed by atoms with Crippen molar-refractivity contribution in [2.45, 2.75) is 31.4 Å². The van der Waals surface area contributed by atoms with Crippen molar-refractivity contribution in [1.82, 2.24) is 10.6 Å². The third kappa shape index (κ3) is 6.31. The molecule has 27 heavy (non-hydrogen) atoms. The maximum atomic E-state index is 13.2. The number of nitrogens with zero attached hydrogens (tertiary/aromatic N) is 1. The summed E-state index contributed by atoms with van der Waals surface area (Å²) in [6.07, 6.45) is -1.000. The molecule has 1 heterocycles. The van der Waals surface area contributed by atoms with E-state index < -0.39 is 17.2 Å². The lowest BCUT2D eigenvalue weighted by atomic mass is 9.74. The summed E-state index contributed by atoms with van der Waals surface area (Å²) in [5.41, 5.74) is -0.370. The number of halogens is 3. The Morgan fingerprint density at radius 3 is 2.63 bits per heavy atom. The Labute approximate surface area is 163 Å². The maximum Gasteiger partial charge on any atom is 0.416 e. The molecule has 0 aromatic heterocycles. The first-order valence-electron chi connectivity index (χ1n) is 9.18. The van der Waals surface area contributed by atoms with Crippen LogP contribution >= 0.6 is 11.8 Å². The van der Waals surface area contributed by atoms with Crippen molar-refractivity contribution in [3.63, 3.8) is 0 Å². The summed E-state index contributed by atoms with van der Waals surface area (Å²) in [6.45, 7) is 4.98. The zero-order valence-corrected chi connectivity index (χ0v) is 16.7. The smallest absolute Gasteiger partial charge is 0.381 e. The number of hydrogen-bond donors (Lipinski definition) is 2. The van der Waals surface area contributed by atoms with Crippen molar-refractivity contribution < 1.29 is 17.9 Å². The van der Waals surface area contributed by atoms with Gasteiger partial charge >= 0.3 is 6.18 Å². The van der Waals surface area contributed by atoms with Gasteiger partial charge in [0.25, 0.3) is 0 Å². The van der Waals surface area contributed by atoms with Crippen LogP contribution in [0.1, 0.15) is 30.9 Å². The number of guanidine groups is 1. The van der Waals surface area contributed by atoms with Crippen molar-refractivity contribution in [3.8, 4) is 0 Å². The van der Waals surface area contributed by atoms with Crippen molar-refractivity contribution in [2.24, 2.45) is 4.99 Å². The summed E-state index contributed by atoms with van der Waals surface area (Å²) in [4.78, 5) is 4.70. The van der Waals surface area contributed by atoms with E-state index in [9.17, 15) is 13.2 Å². The van der Waals surface area contributed by atoms with E-state index in [2.05, 4.69) is 10.6 Å². The first-order valence-corrected chi connectivity index (χ1v) is 10.6. The molecule has 1 aromatic carbocycles. The molecule has 2 rings (SSSR count). The molecule has 0 unspecified atom stereocenters. The van der Waals surface area contributed by atoms with Gasteiger partial charge < -0.3 is 15.4 Å². The van der Waals surface area contributed by atoms with Gasteiger partial charge in [-0.3, -0.25) is 4.99 Å². The van der Waals surface area contributed by atoms with Crippen LogP contribution in [0, 0.1) is 0 Å². The van der Waals surface area contributed by atoms with Gasteiger partial charge in [0.2, 0.25) is 0 Å². The van der Waals surface area contributed by atoms with E-state index in [1.807, 2.05) is 13.2 Å². The molecule has 2 N–H and O–H groups in total. The van der Waals surface area contributed by atoms with E-state index in [0.29, 0.717) is 44.1 Å². The molecule has 0 spiro atoms. The number of ether oxygens (including phenoxy) is 1. The van der Waals surface area contributed by atoms with Gasteiger partial charge in [-0.2, -0.15) is 24.9 Å². The monoisotopic (exact) mass is 403 g/mol. The Morgan fingerprint density at radius 2 is 2.00 bits per heavy atom. The Balaban J connectivity index is 2.26. The van der Waals surface area contributed by atoms with E-state index in [1.165, 1.54) is 12.1 Å². The SMILES string of the molecule is CCNC(=NCC1(c2cccc(C(F)(F)F)c2)CCOCC1)NCCSC. The lowest BCUT2D eigenvalue weighted by Gasteiger charge is -2.37. The van der Waals surface area contributed by atoms with Crippen LogP contribution in [0.3, 0.4) is 0 Å². The zero-order valence-electron chi connectivity index (χ0n) is 15.9. The minimum Gasteiger partial charge on any atom is -0.381 e. The maximum absolute atomic E-state index is 13.2. The third-order valence-electron chi connectivity index (χ3n) is 4.73. The van der Waals surface area contributed by atoms with Crippen LogP contribution < -0.4 is 10.6 Å². The van der Waals surface area contributed by atoms with E-state index in [0.717, 1.165) is 24.9 Å². The predicted octanol–water partition coefficient (Wildman–Crippen LogP) is 3.67. The Bertz CT molecular complexity index is 616. The molecule has 0 bridgehead atoms. The Morgan fingerprint density at radius 1 is 1.26 bits per heavy atom. The average Bonchev–Trinajstić information content (AvgIpc) is 2.66. The fourth-order valence-corrected chi connectivity index (χ4v) is 3.48. The van der Waals surface area contributed by atoms with Crippen molar-refractivity contribution in [2.75, 3.05) is 44.9 Å². The normalized spacial score (nSPS) is 17.6. The summed E-state index contributed by atoms with van der Waals surface area (Å²) in [5, 5.41) is 6.48. The van der Waals surface area contributed by atoms with Crippen molar-refractivity contribution in [3.05, 3.63) is 35.4 Å². The fraction of sp³-hybridized carbons (Fsp3) is 0.632. The summed E-state index contributed by atoms with van der Waals surface area (Å²) in [5.74, 6) is 1.65. The molecule has 4 nitrogen and oxygen atoms in total. The second-order valence-corrected chi connectivity index (χ2v) is 7.57. The quantitative estimate of drug-likeness (QED) is 0.414. The average molecular weight is 404 g/mol. The molecule has 152 valence electrons. The van der Waals surface area contributed by atoms with Gasteiger partial charge in [0.1, 0.15) is 0 Å². The summed E-state index contributed by atoms with van der Waals surface area (Å²) in [6, 6.07) is 5.66. The highest BCUT2D eigenvalue weighted by Crippen LogP contribution is 2.38. The van der Waals surface area contributed by atoms with E-state index >= 15 is 0 Å². The molecule has 0 aliphatic carbocycles. The number of nitrogens with one attached hydrogen (secondary N) is 2. The highest BCUT2D eigenvalue weighted by molar-refractivity contribution is 7.98. The van der Waals surface area contributed by atoms with Crippen LogP contribution in [-0.4, -0.2) is 50.8 Å². The number of thioether (sulfide) groups is 1. The molecule has 0 saturated carbocycles. The second kappa shape index (κ2) is 10.2. The Kier molecular flexibility index (Phi) is 8.28. The number of alkyl halides is 3. The molecule has 1 saturated heterocycles. The largest absolute Gasteiger partial charge is 0.416 e. The molecule has 1 aromatic rings. The number of benzene rings is 1. The van der Waals surface area contributed by atoms with Crippen molar-refractivity contribution >= 4 is 17.7 Å². The molecule has 0 amide bonds. The van der Waals surface area contributed by atoms with Gasteiger partial charge in [0.15, 0.2) is 5.96 Å². The summed E-state index contributed by atoms with van der Waals surface area (Å²) in [7, 11) is 0. The molecule has 1 aliphatic rings. The van der Waals surface area contributed by atoms with Crippen LogP contribution in [0.15, 0.2) is 29.3 Å². The van der Waals surface area contributed by atoms with Gasteiger partial charge in [-0.15, -0.1) is 0 Å². The van der Waals surface area contributed by atoms with Gasteiger partial charge in [0, 0.05) is 37.5 Å². The minimum atomic E-state index is -4.35. The highest BCUT2D eigenvalue weighted by atomic mass is 32.2. The molecule has 0 radical (unpaired) electrons. The fourth-order valence-electron chi connectivity index (χ4n) is 3.17. The van der Waals surface area contributed by atoms with E-state index in [-0.39, 0.29) is 0 Å². The van der Waals surface area contributed by atoms with Crippen LogP contribution in [0.4, 0.5) is 13.2 Å². The van der Waals surface area contributed by atoms with Crippen LogP contribution in [0.5, 0.6) is 0 Å². The standard InChI is InChI=1S/C19H28F3N3OS/c1-3-23-17(24-9-12-27-2)25-14-18(7-10-26-11-8-18)15-5-4-6-16(13-15)19(20,21)22/h4-6,13H,3,7-12,14H2,1-2H3,(H2,23,24,25). The molecule has 1 aliphatic heterocycles. The van der Waals surface area contributed by atoms with Crippen LogP contribution in [0.2, 0.25) is 0 Å². The predicted molar refractivity (Wildman–Crippen MR) is 106 cm³/mol.